The predicted octanol–water partition coefficient (Wildman–Crippen LogP) is 7.54. The molecule has 0 aromatic heterocycles. The Kier molecular flexibility index (Phi) is 5.47. The van der Waals surface area contributed by atoms with Crippen molar-refractivity contribution in [1.82, 2.24) is 0 Å². The molecule has 0 saturated heterocycles. The standard InChI is InChI=1S/C24H18BrClO/c25-24-20(6-5-19-3-1-2-4-23(19)24)15-16-27-22-13-9-18(10-14-22)17-7-11-21(26)12-8-17/h1-14H,15-16H2. The van der Waals surface area contributed by atoms with Crippen LogP contribution in [0.3, 0.4) is 0 Å². The SMILES string of the molecule is Clc1ccc(-c2ccc(OCCc3ccc4ccccc4c3Br)cc2)cc1. The summed E-state index contributed by atoms with van der Waals surface area (Å²) >= 11 is 9.70. The minimum absolute atomic E-state index is 0.636. The first-order valence-corrected chi connectivity index (χ1v) is 10.0. The molecule has 0 unspecified atom stereocenters. The van der Waals surface area contributed by atoms with Gasteiger partial charge in [0.25, 0.3) is 0 Å². The molecular weight excluding hydrogens is 420 g/mol. The molecule has 1 nitrogen and oxygen atoms in total. The zero-order valence-electron chi connectivity index (χ0n) is 14.7. The maximum absolute atomic E-state index is 5.95. The van der Waals surface area contributed by atoms with Crippen LogP contribution >= 0.6 is 27.5 Å². The maximum Gasteiger partial charge on any atom is 0.119 e. The van der Waals surface area contributed by atoms with Crippen LogP contribution < -0.4 is 4.74 Å². The van der Waals surface area contributed by atoms with Crippen LogP contribution in [0.4, 0.5) is 0 Å². The molecule has 0 aliphatic carbocycles. The lowest BCUT2D eigenvalue weighted by atomic mass is 10.1. The molecule has 4 aromatic carbocycles. The summed E-state index contributed by atoms with van der Waals surface area (Å²) in [6.07, 6.45) is 0.852. The molecule has 4 rings (SSSR count). The van der Waals surface area contributed by atoms with E-state index in [1.807, 2.05) is 36.4 Å². The van der Waals surface area contributed by atoms with Crippen LogP contribution in [-0.4, -0.2) is 6.61 Å². The van der Waals surface area contributed by atoms with Gasteiger partial charge in [-0.15, -0.1) is 0 Å². The molecule has 0 bridgehead atoms. The van der Waals surface area contributed by atoms with Crippen LogP contribution in [0.1, 0.15) is 5.56 Å². The quantitative estimate of drug-likeness (QED) is 0.313. The molecule has 0 aliphatic heterocycles. The van der Waals surface area contributed by atoms with Gasteiger partial charge in [0.05, 0.1) is 6.61 Å². The van der Waals surface area contributed by atoms with Gasteiger partial charge in [-0.3, -0.25) is 0 Å². The second-order valence-corrected chi connectivity index (χ2v) is 7.62. The topological polar surface area (TPSA) is 9.23 Å². The van der Waals surface area contributed by atoms with E-state index in [0.29, 0.717) is 6.61 Å². The smallest absolute Gasteiger partial charge is 0.119 e. The summed E-state index contributed by atoms with van der Waals surface area (Å²) in [6.45, 7) is 0.636. The van der Waals surface area contributed by atoms with E-state index in [1.165, 1.54) is 16.3 Å². The Balaban J connectivity index is 1.41. The first kappa shape index (κ1) is 18.1. The summed E-state index contributed by atoms with van der Waals surface area (Å²) in [5.74, 6) is 0.879. The molecule has 0 aliphatic rings. The minimum atomic E-state index is 0.636. The molecule has 0 N–H and O–H groups in total. The van der Waals surface area contributed by atoms with Crippen molar-refractivity contribution in [3.05, 3.63) is 100.0 Å². The second kappa shape index (κ2) is 8.16. The van der Waals surface area contributed by atoms with Crippen molar-refractivity contribution in [3.63, 3.8) is 0 Å². The third-order valence-electron chi connectivity index (χ3n) is 4.62. The summed E-state index contributed by atoms with van der Waals surface area (Å²) in [5.41, 5.74) is 3.55. The Hall–Kier alpha value is -2.29. The molecule has 0 amide bonds. The molecule has 0 fully saturated rings. The van der Waals surface area contributed by atoms with Crippen molar-refractivity contribution in [1.29, 1.82) is 0 Å². The van der Waals surface area contributed by atoms with Gasteiger partial charge in [0, 0.05) is 15.9 Å². The first-order valence-electron chi connectivity index (χ1n) is 8.86. The van der Waals surface area contributed by atoms with Gasteiger partial charge in [0.2, 0.25) is 0 Å². The number of rotatable bonds is 5. The third kappa shape index (κ3) is 4.18. The molecule has 0 radical (unpaired) electrons. The first-order chi connectivity index (χ1) is 13.2. The maximum atomic E-state index is 5.95. The summed E-state index contributed by atoms with van der Waals surface area (Å²) in [6, 6.07) is 28.8. The average Bonchev–Trinajstić information content (AvgIpc) is 2.71. The second-order valence-electron chi connectivity index (χ2n) is 6.39. The van der Waals surface area contributed by atoms with E-state index in [2.05, 4.69) is 64.5 Å². The Morgan fingerprint density at radius 1 is 0.741 bits per heavy atom. The lowest BCUT2D eigenvalue weighted by molar-refractivity contribution is 0.322. The van der Waals surface area contributed by atoms with E-state index < -0.39 is 0 Å². The molecule has 134 valence electrons. The molecule has 3 heteroatoms. The fraction of sp³-hybridized carbons (Fsp3) is 0.0833. The van der Waals surface area contributed by atoms with Gasteiger partial charge >= 0.3 is 0 Å². The summed E-state index contributed by atoms with van der Waals surface area (Å²) in [5, 5.41) is 3.23. The molecule has 27 heavy (non-hydrogen) atoms. The van der Waals surface area contributed by atoms with Crippen molar-refractivity contribution >= 4 is 38.3 Å². The predicted molar refractivity (Wildman–Crippen MR) is 118 cm³/mol. The fourth-order valence-corrected chi connectivity index (χ4v) is 3.95. The third-order valence-corrected chi connectivity index (χ3v) is 5.80. The lowest BCUT2D eigenvalue weighted by Gasteiger charge is -2.10. The highest BCUT2D eigenvalue weighted by molar-refractivity contribution is 9.10. The summed E-state index contributed by atoms with van der Waals surface area (Å²) < 4.78 is 7.10. The number of hydrogen-bond acceptors (Lipinski definition) is 1. The van der Waals surface area contributed by atoms with Crippen molar-refractivity contribution in [2.45, 2.75) is 6.42 Å². The Labute approximate surface area is 172 Å². The van der Waals surface area contributed by atoms with Crippen LogP contribution in [0.2, 0.25) is 5.02 Å². The molecule has 0 saturated carbocycles. The van der Waals surface area contributed by atoms with Crippen LogP contribution in [0.25, 0.3) is 21.9 Å². The van der Waals surface area contributed by atoms with E-state index in [9.17, 15) is 0 Å². The van der Waals surface area contributed by atoms with Gasteiger partial charge in [-0.25, -0.2) is 0 Å². The van der Waals surface area contributed by atoms with Crippen molar-refractivity contribution < 1.29 is 4.74 Å². The minimum Gasteiger partial charge on any atom is -0.493 e. The monoisotopic (exact) mass is 436 g/mol. The van der Waals surface area contributed by atoms with Gasteiger partial charge in [0.15, 0.2) is 0 Å². The van der Waals surface area contributed by atoms with Crippen molar-refractivity contribution in [2.75, 3.05) is 6.61 Å². The Morgan fingerprint density at radius 3 is 2.15 bits per heavy atom. The van der Waals surface area contributed by atoms with E-state index >= 15 is 0 Å². The van der Waals surface area contributed by atoms with E-state index in [-0.39, 0.29) is 0 Å². The van der Waals surface area contributed by atoms with Gasteiger partial charge in [0.1, 0.15) is 5.75 Å². The zero-order valence-corrected chi connectivity index (χ0v) is 17.0. The number of ether oxygens (including phenoxy) is 1. The Bertz CT molecular complexity index is 1060. The summed E-state index contributed by atoms with van der Waals surface area (Å²) in [7, 11) is 0. The highest BCUT2D eigenvalue weighted by Gasteiger charge is 2.05. The molecule has 4 aromatic rings. The van der Waals surface area contributed by atoms with Crippen LogP contribution in [0.15, 0.2) is 89.4 Å². The Morgan fingerprint density at radius 2 is 1.41 bits per heavy atom. The van der Waals surface area contributed by atoms with Crippen LogP contribution in [-0.2, 0) is 6.42 Å². The van der Waals surface area contributed by atoms with Crippen molar-refractivity contribution in [3.8, 4) is 16.9 Å². The van der Waals surface area contributed by atoms with E-state index in [4.69, 9.17) is 16.3 Å². The molecule has 0 spiro atoms. The fourth-order valence-electron chi connectivity index (χ4n) is 3.14. The van der Waals surface area contributed by atoms with Gasteiger partial charge in [-0.05, 0) is 67.7 Å². The largest absolute Gasteiger partial charge is 0.493 e. The molecule has 0 heterocycles. The van der Waals surface area contributed by atoms with Gasteiger partial charge in [-0.1, -0.05) is 72.3 Å². The van der Waals surface area contributed by atoms with Crippen molar-refractivity contribution in [2.24, 2.45) is 0 Å². The average molecular weight is 438 g/mol. The number of halogens is 2. The van der Waals surface area contributed by atoms with Crippen LogP contribution in [0, 0.1) is 0 Å². The summed E-state index contributed by atoms with van der Waals surface area (Å²) in [4.78, 5) is 0. The van der Waals surface area contributed by atoms with Gasteiger partial charge < -0.3 is 4.74 Å². The lowest BCUT2D eigenvalue weighted by Crippen LogP contribution is -2.02. The number of hydrogen-bond donors (Lipinski definition) is 0. The highest BCUT2D eigenvalue weighted by Crippen LogP contribution is 2.28. The van der Waals surface area contributed by atoms with E-state index in [0.717, 1.165) is 32.8 Å². The number of fused-ring (bicyclic) bond motifs is 1. The van der Waals surface area contributed by atoms with Gasteiger partial charge in [-0.2, -0.15) is 0 Å². The molecular formula is C24H18BrClO. The normalized spacial score (nSPS) is 10.9. The molecule has 0 atom stereocenters. The van der Waals surface area contributed by atoms with E-state index in [1.54, 1.807) is 0 Å². The number of benzene rings is 4. The van der Waals surface area contributed by atoms with Crippen LogP contribution in [0.5, 0.6) is 5.75 Å². The highest BCUT2D eigenvalue weighted by atomic mass is 79.9. The zero-order chi connectivity index (χ0) is 18.6.